The summed E-state index contributed by atoms with van der Waals surface area (Å²) < 4.78 is 5.18. The lowest BCUT2D eigenvalue weighted by Crippen LogP contribution is -2.36. The molecule has 17 heavy (non-hydrogen) atoms. The summed E-state index contributed by atoms with van der Waals surface area (Å²) in [7, 11) is 1.93. The van der Waals surface area contributed by atoms with Gasteiger partial charge in [0, 0.05) is 6.54 Å². The molecule has 5 nitrogen and oxygen atoms in total. The maximum atomic E-state index is 10.9. The van der Waals surface area contributed by atoms with Gasteiger partial charge in [-0.25, -0.2) is 4.79 Å². The topological polar surface area (TPSA) is 73.9 Å². The quantitative estimate of drug-likeness (QED) is 0.807. The number of nitrogens with zero attached hydrogens (tertiary/aromatic N) is 1. The number of aliphatic hydroxyl groups excluding tert-OH is 1. The van der Waals surface area contributed by atoms with Crippen LogP contribution in [0.25, 0.3) is 0 Å². The Hall–Kier alpha value is -1.33. The van der Waals surface area contributed by atoms with Crippen molar-refractivity contribution < 1.29 is 19.4 Å². The molecule has 1 aromatic heterocycles. The molecule has 1 heterocycles. The van der Waals surface area contributed by atoms with Crippen LogP contribution in [0.2, 0.25) is 0 Å². The Morgan fingerprint density at radius 2 is 2.29 bits per heavy atom. The van der Waals surface area contributed by atoms with Crippen LogP contribution in [0.3, 0.4) is 0 Å². The third-order valence-corrected chi connectivity index (χ3v) is 3.17. The first-order valence-electron chi connectivity index (χ1n) is 5.72. The lowest BCUT2D eigenvalue weighted by atomic mass is 9.82. The summed E-state index contributed by atoms with van der Waals surface area (Å²) in [6.07, 6.45) is 2.94. The molecule has 1 aliphatic rings. The monoisotopic (exact) mass is 239 g/mol. The molecule has 0 saturated heterocycles. The van der Waals surface area contributed by atoms with Crippen molar-refractivity contribution in [1.82, 2.24) is 4.90 Å². The van der Waals surface area contributed by atoms with Crippen molar-refractivity contribution in [1.29, 1.82) is 0 Å². The summed E-state index contributed by atoms with van der Waals surface area (Å²) in [6, 6.07) is 1.47. The van der Waals surface area contributed by atoms with Gasteiger partial charge >= 0.3 is 5.97 Å². The van der Waals surface area contributed by atoms with Crippen molar-refractivity contribution in [3.05, 3.63) is 23.7 Å². The van der Waals surface area contributed by atoms with Crippen LogP contribution in [0.15, 0.2) is 16.7 Å². The zero-order valence-corrected chi connectivity index (χ0v) is 9.80. The number of furan rings is 1. The zero-order chi connectivity index (χ0) is 12.4. The maximum absolute atomic E-state index is 10.9. The van der Waals surface area contributed by atoms with Crippen molar-refractivity contribution >= 4 is 5.97 Å². The number of carbonyl (C=O) groups is 1. The molecular formula is C12H17NO4. The van der Waals surface area contributed by atoms with E-state index in [0.717, 1.165) is 19.4 Å². The normalized spacial score (nSPS) is 23.7. The fourth-order valence-electron chi connectivity index (χ4n) is 2.25. The van der Waals surface area contributed by atoms with E-state index >= 15 is 0 Å². The Morgan fingerprint density at radius 3 is 2.88 bits per heavy atom. The van der Waals surface area contributed by atoms with Gasteiger partial charge in [-0.1, -0.05) is 0 Å². The van der Waals surface area contributed by atoms with Crippen molar-refractivity contribution in [3.8, 4) is 0 Å². The molecule has 1 saturated carbocycles. The molecule has 0 aromatic carbocycles. The molecule has 94 valence electrons. The second kappa shape index (κ2) is 4.89. The summed E-state index contributed by atoms with van der Waals surface area (Å²) >= 11 is 0. The third-order valence-electron chi connectivity index (χ3n) is 3.17. The van der Waals surface area contributed by atoms with E-state index in [-0.39, 0.29) is 11.7 Å². The van der Waals surface area contributed by atoms with Crippen molar-refractivity contribution in [2.45, 2.75) is 25.5 Å². The summed E-state index contributed by atoms with van der Waals surface area (Å²) in [4.78, 5) is 12.9. The van der Waals surface area contributed by atoms with Crippen LogP contribution in [-0.2, 0) is 6.54 Å². The molecule has 1 fully saturated rings. The number of hydrogen-bond donors (Lipinski definition) is 2. The highest BCUT2D eigenvalue weighted by Crippen LogP contribution is 2.28. The number of carboxylic acids is 1. The Morgan fingerprint density at radius 1 is 1.59 bits per heavy atom. The van der Waals surface area contributed by atoms with Gasteiger partial charge in [-0.15, -0.1) is 0 Å². The van der Waals surface area contributed by atoms with Crippen molar-refractivity contribution in [3.63, 3.8) is 0 Å². The first-order valence-corrected chi connectivity index (χ1v) is 5.72. The molecule has 0 amide bonds. The molecule has 2 N–H and O–H groups in total. The highest BCUT2D eigenvalue weighted by molar-refractivity contribution is 5.88. The first-order chi connectivity index (χ1) is 8.06. The number of hydrogen-bond acceptors (Lipinski definition) is 4. The van der Waals surface area contributed by atoms with Gasteiger partial charge in [-0.2, -0.15) is 0 Å². The van der Waals surface area contributed by atoms with E-state index in [0.29, 0.717) is 18.2 Å². The van der Waals surface area contributed by atoms with E-state index in [4.69, 9.17) is 9.52 Å². The van der Waals surface area contributed by atoms with Gasteiger partial charge in [0.25, 0.3) is 0 Å². The SMILES string of the molecule is CN(Cc1occc1C(=O)O)CC1CC(O)C1. The van der Waals surface area contributed by atoms with Gasteiger partial charge in [0.15, 0.2) is 0 Å². The van der Waals surface area contributed by atoms with Crippen LogP contribution in [0.5, 0.6) is 0 Å². The van der Waals surface area contributed by atoms with Gasteiger partial charge < -0.3 is 14.6 Å². The van der Waals surface area contributed by atoms with Crippen LogP contribution in [0.1, 0.15) is 29.0 Å². The fraction of sp³-hybridized carbons (Fsp3) is 0.583. The Balaban J connectivity index is 1.87. The summed E-state index contributed by atoms with van der Waals surface area (Å²) in [5, 5.41) is 18.1. The minimum atomic E-state index is -0.957. The molecule has 5 heteroatoms. The highest BCUT2D eigenvalue weighted by Gasteiger charge is 2.28. The molecule has 0 spiro atoms. The van der Waals surface area contributed by atoms with Gasteiger partial charge in [0.2, 0.25) is 0 Å². The van der Waals surface area contributed by atoms with E-state index < -0.39 is 5.97 Å². The van der Waals surface area contributed by atoms with Crippen LogP contribution < -0.4 is 0 Å². The van der Waals surface area contributed by atoms with Gasteiger partial charge in [0.1, 0.15) is 11.3 Å². The molecule has 0 atom stereocenters. The predicted octanol–water partition coefficient (Wildman–Crippen LogP) is 1.18. The smallest absolute Gasteiger partial charge is 0.339 e. The van der Waals surface area contributed by atoms with Crippen LogP contribution >= 0.6 is 0 Å². The summed E-state index contributed by atoms with van der Waals surface area (Å²) in [5.41, 5.74) is 0.227. The molecule has 0 aliphatic heterocycles. The lowest BCUT2D eigenvalue weighted by molar-refractivity contribution is 0.0265. The lowest BCUT2D eigenvalue weighted by Gasteiger charge is -2.34. The van der Waals surface area contributed by atoms with E-state index in [1.807, 2.05) is 11.9 Å². The van der Waals surface area contributed by atoms with Crippen LogP contribution in [-0.4, -0.2) is 40.8 Å². The zero-order valence-electron chi connectivity index (χ0n) is 9.80. The molecule has 0 unspecified atom stereocenters. The van der Waals surface area contributed by atoms with Crippen LogP contribution in [0, 0.1) is 5.92 Å². The summed E-state index contributed by atoms with van der Waals surface area (Å²) in [6.45, 7) is 1.35. The minimum Gasteiger partial charge on any atom is -0.478 e. The average Bonchev–Trinajstić information content (AvgIpc) is 2.63. The number of aromatic carboxylic acids is 1. The Labute approximate surface area is 99.6 Å². The van der Waals surface area contributed by atoms with E-state index in [2.05, 4.69) is 0 Å². The Bertz CT molecular complexity index is 395. The molecule has 1 aliphatic carbocycles. The van der Waals surface area contributed by atoms with Gasteiger partial charge in [-0.3, -0.25) is 4.90 Å². The van der Waals surface area contributed by atoms with Crippen molar-refractivity contribution in [2.24, 2.45) is 5.92 Å². The third kappa shape index (κ3) is 2.87. The largest absolute Gasteiger partial charge is 0.478 e. The fourth-order valence-corrected chi connectivity index (χ4v) is 2.25. The number of aliphatic hydroxyl groups is 1. The Kier molecular flexibility index (Phi) is 3.49. The average molecular weight is 239 g/mol. The van der Waals surface area contributed by atoms with E-state index in [9.17, 15) is 9.90 Å². The highest BCUT2D eigenvalue weighted by atomic mass is 16.4. The van der Waals surface area contributed by atoms with Gasteiger partial charge in [-0.05, 0) is 31.9 Å². The van der Waals surface area contributed by atoms with Crippen molar-refractivity contribution in [2.75, 3.05) is 13.6 Å². The van der Waals surface area contributed by atoms with Crippen LogP contribution in [0.4, 0.5) is 0 Å². The minimum absolute atomic E-state index is 0.147. The standard InChI is InChI=1S/C12H17NO4/c1-13(6-8-4-9(14)5-8)7-11-10(12(15)16)2-3-17-11/h2-3,8-9,14H,4-7H2,1H3,(H,15,16). The maximum Gasteiger partial charge on any atom is 0.339 e. The van der Waals surface area contributed by atoms with E-state index in [1.165, 1.54) is 12.3 Å². The molecule has 0 bridgehead atoms. The number of carboxylic acid groups (broad SMARTS) is 1. The first kappa shape index (κ1) is 12.1. The molecule has 2 rings (SSSR count). The molecule has 1 aromatic rings. The predicted molar refractivity (Wildman–Crippen MR) is 60.7 cm³/mol. The summed E-state index contributed by atoms with van der Waals surface area (Å²) in [5.74, 6) is 0.0410. The second-order valence-corrected chi connectivity index (χ2v) is 4.75. The van der Waals surface area contributed by atoms with Gasteiger partial charge in [0.05, 0.1) is 18.9 Å². The molecule has 0 radical (unpaired) electrons. The van der Waals surface area contributed by atoms with E-state index in [1.54, 1.807) is 0 Å². The molecular weight excluding hydrogens is 222 g/mol. The number of rotatable bonds is 5. The second-order valence-electron chi connectivity index (χ2n) is 4.75.